The molecule has 128 valence electrons. The quantitative estimate of drug-likeness (QED) is 0.504. The third kappa shape index (κ3) is 4.07. The van der Waals surface area contributed by atoms with E-state index < -0.39 is 13.2 Å². The number of rotatable bonds is 5. The summed E-state index contributed by atoms with van der Waals surface area (Å²) < 4.78 is 12.2. The lowest BCUT2D eigenvalue weighted by Gasteiger charge is -2.39. The SMILES string of the molecule is CC(C)(C)[Si](C)(C)OC1CNCC1Oc1ncccc1[N+](=O)[O-]. The third-order valence-electron chi connectivity index (χ3n) is 4.57. The van der Waals surface area contributed by atoms with Gasteiger partial charge in [0.25, 0.3) is 5.88 Å². The maximum atomic E-state index is 11.1. The summed E-state index contributed by atoms with van der Waals surface area (Å²) >= 11 is 0. The van der Waals surface area contributed by atoms with Crippen molar-refractivity contribution in [3.63, 3.8) is 0 Å². The Hall–Kier alpha value is -1.51. The van der Waals surface area contributed by atoms with E-state index in [4.69, 9.17) is 9.16 Å². The average Bonchev–Trinajstić information content (AvgIpc) is 2.84. The van der Waals surface area contributed by atoms with Crippen LogP contribution in [0, 0.1) is 10.1 Å². The van der Waals surface area contributed by atoms with Crippen LogP contribution in [0.5, 0.6) is 5.88 Å². The first kappa shape index (κ1) is 17.8. The first-order valence-electron chi connectivity index (χ1n) is 7.76. The molecule has 1 N–H and O–H groups in total. The van der Waals surface area contributed by atoms with Gasteiger partial charge < -0.3 is 14.5 Å². The van der Waals surface area contributed by atoms with Crippen LogP contribution in [0.2, 0.25) is 18.1 Å². The minimum atomic E-state index is -1.94. The zero-order valence-corrected chi connectivity index (χ0v) is 15.3. The summed E-state index contributed by atoms with van der Waals surface area (Å²) in [5.74, 6) is 0.0510. The Morgan fingerprint density at radius 3 is 2.61 bits per heavy atom. The predicted octanol–water partition coefficient (Wildman–Crippen LogP) is 2.73. The lowest BCUT2D eigenvalue weighted by molar-refractivity contribution is -0.386. The number of ether oxygens (including phenoxy) is 1. The van der Waals surface area contributed by atoms with E-state index in [1.54, 1.807) is 0 Å². The van der Waals surface area contributed by atoms with E-state index in [2.05, 4.69) is 44.2 Å². The summed E-state index contributed by atoms with van der Waals surface area (Å²) in [6.45, 7) is 12.2. The van der Waals surface area contributed by atoms with Gasteiger partial charge in [-0.05, 0) is 24.2 Å². The van der Waals surface area contributed by atoms with Gasteiger partial charge in [-0.3, -0.25) is 10.1 Å². The molecule has 2 atom stereocenters. The number of nitrogens with zero attached hydrogens (tertiary/aromatic N) is 2. The van der Waals surface area contributed by atoms with Crippen LogP contribution in [0.1, 0.15) is 20.8 Å². The Bertz CT molecular complexity index is 574. The number of nitrogens with one attached hydrogen (secondary N) is 1. The van der Waals surface area contributed by atoms with Crippen LogP contribution in [0.4, 0.5) is 5.69 Å². The summed E-state index contributed by atoms with van der Waals surface area (Å²) in [5.41, 5.74) is -0.120. The molecule has 23 heavy (non-hydrogen) atoms. The Kier molecular flexibility index (Phi) is 5.07. The van der Waals surface area contributed by atoms with E-state index in [-0.39, 0.29) is 28.8 Å². The van der Waals surface area contributed by atoms with E-state index in [1.807, 2.05) is 0 Å². The second-order valence-electron chi connectivity index (χ2n) is 7.32. The molecule has 1 aromatic heterocycles. The highest BCUT2D eigenvalue weighted by molar-refractivity contribution is 6.74. The zero-order valence-electron chi connectivity index (χ0n) is 14.3. The maximum Gasteiger partial charge on any atom is 0.330 e. The van der Waals surface area contributed by atoms with Crippen LogP contribution in [-0.4, -0.2) is 43.5 Å². The van der Waals surface area contributed by atoms with E-state index in [0.717, 1.165) is 0 Å². The van der Waals surface area contributed by atoms with Gasteiger partial charge in [-0.15, -0.1) is 0 Å². The minimum absolute atomic E-state index is 0.0510. The highest BCUT2D eigenvalue weighted by Gasteiger charge is 2.43. The molecule has 0 amide bonds. The minimum Gasteiger partial charge on any atom is -0.465 e. The van der Waals surface area contributed by atoms with Gasteiger partial charge in [-0.2, -0.15) is 0 Å². The third-order valence-corrected chi connectivity index (χ3v) is 9.07. The average molecular weight is 339 g/mol. The Balaban J connectivity index is 2.13. The zero-order chi connectivity index (χ0) is 17.3. The Morgan fingerprint density at radius 2 is 2.00 bits per heavy atom. The first-order chi connectivity index (χ1) is 10.6. The van der Waals surface area contributed by atoms with Crippen molar-refractivity contribution in [3.05, 3.63) is 28.4 Å². The van der Waals surface area contributed by atoms with E-state index in [9.17, 15) is 10.1 Å². The Labute approximate surface area is 137 Å². The van der Waals surface area contributed by atoms with Crippen molar-refractivity contribution < 1.29 is 14.1 Å². The van der Waals surface area contributed by atoms with Crippen LogP contribution in [0.15, 0.2) is 18.3 Å². The van der Waals surface area contributed by atoms with Crippen LogP contribution < -0.4 is 10.1 Å². The molecule has 2 rings (SSSR count). The Morgan fingerprint density at radius 1 is 1.35 bits per heavy atom. The summed E-state index contributed by atoms with van der Waals surface area (Å²) in [7, 11) is -1.94. The first-order valence-corrected chi connectivity index (χ1v) is 10.7. The van der Waals surface area contributed by atoms with Crippen LogP contribution in [0.3, 0.4) is 0 Å². The highest BCUT2D eigenvalue weighted by Crippen LogP contribution is 2.38. The van der Waals surface area contributed by atoms with Crippen molar-refractivity contribution in [2.24, 2.45) is 0 Å². The van der Waals surface area contributed by atoms with Crippen molar-refractivity contribution in [1.82, 2.24) is 10.3 Å². The molecule has 1 fully saturated rings. The van der Waals surface area contributed by atoms with Crippen LogP contribution in [0.25, 0.3) is 0 Å². The fraction of sp³-hybridized carbons (Fsp3) is 0.667. The summed E-state index contributed by atoms with van der Waals surface area (Å²) in [6.07, 6.45) is 1.09. The van der Waals surface area contributed by atoms with Gasteiger partial charge in [0.05, 0.1) is 11.0 Å². The largest absolute Gasteiger partial charge is 0.465 e. The second-order valence-corrected chi connectivity index (χ2v) is 12.1. The van der Waals surface area contributed by atoms with Gasteiger partial charge in [-0.1, -0.05) is 20.8 Å². The number of nitro groups is 1. The molecule has 1 aromatic rings. The van der Waals surface area contributed by atoms with Gasteiger partial charge in [0.15, 0.2) is 8.32 Å². The number of hydrogen-bond acceptors (Lipinski definition) is 6. The molecule has 2 heterocycles. The molecule has 7 nitrogen and oxygen atoms in total. The molecule has 1 aliphatic heterocycles. The smallest absolute Gasteiger partial charge is 0.330 e. The van der Waals surface area contributed by atoms with Crippen molar-refractivity contribution in [3.8, 4) is 5.88 Å². The summed E-state index contributed by atoms with van der Waals surface area (Å²) in [6, 6.07) is 2.93. The number of aromatic nitrogens is 1. The van der Waals surface area contributed by atoms with Crippen molar-refractivity contribution in [2.45, 2.75) is 51.1 Å². The topological polar surface area (TPSA) is 86.5 Å². The molecular weight excluding hydrogens is 314 g/mol. The monoisotopic (exact) mass is 339 g/mol. The number of pyridine rings is 1. The van der Waals surface area contributed by atoms with Crippen molar-refractivity contribution in [1.29, 1.82) is 0 Å². The molecule has 0 aliphatic carbocycles. The van der Waals surface area contributed by atoms with Crippen LogP contribution >= 0.6 is 0 Å². The molecule has 0 radical (unpaired) electrons. The van der Waals surface area contributed by atoms with Gasteiger partial charge in [0.2, 0.25) is 0 Å². The van der Waals surface area contributed by atoms with Gasteiger partial charge in [-0.25, -0.2) is 4.98 Å². The van der Waals surface area contributed by atoms with Crippen molar-refractivity contribution in [2.75, 3.05) is 13.1 Å². The molecule has 0 aromatic carbocycles. The molecule has 0 bridgehead atoms. The van der Waals surface area contributed by atoms with E-state index in [0.29, 0.717) is 13.1 Å². The van der Waals surface area contributed by atoms with E-state index >= 15 is 0 Å². The van der Waals surface area contributed by atoms with Gasteiger partial charge in [0.1, 0.15) is 6.10 Å². The predicted molar refractivity (Wildman–Crippen MR) is 90.2 cm³/mol. The lowest BCUT2D eigenvalue weighted by atomic mass is 10.2. The standard InChI is InChI=1S/C15H25N3O4Si/c1-15(2,3)23(4,5)22-13-10-16-9-12(13)21-14-11(18(19)20)7-6-8-17-14/h6-8,12-13,16H,9-10H2,1-5H3. The molecule has 1 aliphatic rings. The van der Waals surface area contributed by atoms with E-state index in [1.165, 1.54) is 18.3 Å². The molecule has 1 saturated heterocycles. The lowest BCUT2D eigenvalue weighted by Crippen LogP contribution is -2.48. The normalized spacial score (nSPS) is 22.1. The second kappa shape index (κ2) is 6.54. The molecule has 0 saturated carbocycles. The van der Waals surface area contributed by atoms with Gasteiger partial charge in [0, 0.05) is 25.4 Å². The van der Waals surface area contributed by atoms with Crippen molar-refractivity contribution >= 4 is 14.0 Å². The summed E-state index contributed by atoms with van der Waals surface area (Å²) in [5, 5.41) is 14.4. The maximum absolute atomic E-state index is 11.1. The molecule has 2 unspecified atom stereocenters. The molecular formula is C15H25N3O4Si. The fourth-order valence-corrected chi connectivity index (χ4v) is 3.52. The molecule has 8 heteroatoms. The fourth-order valence-electron chi connectivity index (χ4n) is 2.18. The van der Waals surface area contributed by atoms with Crippen LogP contribution in [-0.2, 0) is 4.43 Å². The van der Waals surface area contributed by atoms with Gasteiger partial charge >= 0.3 is 5.69 Å². The molecule has 0 spiro atoms. The number of hydrogen-bond donors (Lipinski definition) is 1. The summed E-state index contributed by atoms with van der Waals surface area (Å²) in [4.78, 5) is 14.6. The highest BCUT2D eigenvalue weighted by atomic mass is 28.4.